The SMILES string of the molecule is CN(C)S(=O)(=O)c1ccc(N2CCC(CNC(=O)C3CCCCC3)CC2)cc1. The molecule has 1 aromatic carbocycles. The standard InChI is InChI=1S/C21H33N3O3S/c1-23(2)28(26,27)20-10-8-19(9-11-20)24-14-12-17(13-15-24)16-22-21(25)18-6-4-3-5-7-18/h8-11,17-18H,3-7,12-16H2,1-2H3,(H,22,25). The van der Waals surface area contributed by atoms with Crippen LogP contribution < -0.4 is 10.2 Å². The number of benzene rings is 1. The van der Waals surface area contributed by atoms with Crippen LogP contribution in [-0.4, -0.2) is 52.4 Å². The van der Waals surface area contributed by atoms with Gasteiger partial charge in [0.05, 0.1) is 4.90 Å². The maximum absolute atomic E-state index is 12.3. The number of rotatable bonds is 6. The van der Waals surface area contributed by atoms with E-state index in [0.29, 0.717) is 10.8 Å². The van der Waals surface area contributed by atoms with Crippen molar-refractivity contribution in [2.24, 2.45) is 11.8 Å². The quantitative estimate of drug-likeness (QED) is 0.787. The highest BCUT2D eigenvalue weighted by Crippen LogP contribution is 2.26. The van der Waals surface area contributed by atoms with Crippen molar-refractivity contribution < 1.29 is 13.2 Å². The van der Waals surface area contributed by atoms with Crippen LogP contribution >= 0.6 is 0 Å². The Morgan fingerprint density at radius 2 is 1.64 bits per heavy atom. The van der Waals surface area contributed by atoms with Gasteiger partial charge in [-0.15, -0.1) is 0 Å². The summed E-state index contributed by atoms with van der Waals surface area (Å²) in [6, 6.07) is 7.14. The van der Waals surface area contributed by atoms with Gasteiger partial charge in [0.1, 0.15) is 0 Å². The van der Waals surface area contributed by atoms with Gasteiger partial charge < -0.3 is 10.2 Å². The molecule has 3 rings (SSSR count). The molecule has 0 spiro atoms. The molecule has 1 amide bonds. The molecule has 7 heteroatoms. The number of amides is 1. The summed E-state index contributed by atoms with van der Waals surface area (Å²) in [5.74, 6) is 1.00. The number of sulfonamides is 1. The minimum absolute atomic E-state index is 0.228. The summed E-state index contributed by atoms with van der Waals surface area (Å²) in [6.07, 6.45) is 7.82. The lowest BCUT2D eigenvalue weighted by Crippen LogP contribution is -2.40. The van der Waals surface area contributed by atoms with Gasteiger partial charge in [-0.2, -0.15) is 0 Å². The zero-order valence-corrected chi connectivity index (χ0v) is 17.9. The van der Waals surface area contributed by atoms with Gasteiger partial charge in [0, 0.05) is 45.3 Å². The highest BCUT2D eigenvalue weighted by atomic mass is 32.2. The molecule has 2 fully saturated rings. The number of carbonyl (C=O) groups is 1. The fourth-order valence-corrected chi connectivity index (χ4v) is 5.09. The van der Waals surface area contributed by atoms with E-state index < -0.39 is 10.0 Å². The van der Waals surface area contributed by atoms with Crippen molar-refractivity contribution in [3.05, 3.63) is 24.3 Å². The molecule has 1 saturated heterocycles. The Hall–Kier alpha value is -1.60. The smallest absolute Gasteiger partial charge is 0.242 e. The van der Waals surface area contributed by atoms with Crippen LogP contribution in [0, 0.1) is 11.8 Å². The monoisotopic (exact) mass is 407 g/mol. The van der Waals surface area contributed by atoms with Crippen molar-refractivity contribution in [1.29, 1.82) is 0 Å². The Labute approximate surface area is 169 Å². The largest absolute Gasteiger partial charge is 0.372 e. The Morgan fingerprint density at radius 1 is 1.04 bits per heavy atom. The van der Waals surface area contributed by atoms with Gasteiger partial charge >= 0.3 is 0 Å². The molecule has 1 aliphatic carbocycles. The van der Waals surface area contributed by atoms with Gasteiger partial charge in [-0.3, -0.25) is 4.79 Å². The van der Waals surface area contributed by atoms with E-state index >= 15 is 0 Å². The molecule has 6 nitrogen and oxygen atoms in total. The first kappa shape index (κ1) is 21.1. The zero-order valence-electron chi connectivity index (χ0n) is 17.1. The van der Waals surface area contributed by atoms with Crippen LogP contribution in [0.2, 0.25) is 0 Å². The third-order valence-electron chi connectivity index (χ3n) is 6.14. The summed E-state index contributed by atoms with van der Waals surface area (Å²) in [7, 11) is -0.298. The second kappa shape index (κ2) is 9.27. The summed E-state index contributed by atoms with van der Waals surface area (Å²) in [6.45, 7) is 2.65. The summed E-state index contributed by atoms with van der Waals surface area (Å²) in [5, 5.41) is 3.18. The van der Waals surface area contributed by atoms with Crippen LogP contribution in [-0.2, 0) is 14.8 Å². The third kappa shape index (κ3) is 5.06. The van der Waals surface area contributed by atoms with Crippen molar-refractivity contribution in [2.45, 2.75) is 49.8 Å². The molecule has 0 radical (unpaired) electrons. The number of nitrogens with one attached hydrogen (secondary N) is 1. The molecular formula is C21H33N3O3S. The lowest BCUT2D eigenvalue weighted by atomic mass is 9.88. The van der Waals surface area contributed by atoms with Gasteiger partial charge in [-0.05, 0) is 55.9 Å². The molecule has 0 unspecified atom stereocenters. The highest BCUT2D eigenvalue weighted by molar-refractivity contribution is 7.89. The predicted molar refractivity (Wildman–Crippen MR) is 112 cm³/mol. The van der Waals surface area contributed by atoms with E-state index in [4.69, 9.17) is 0 Å². The van der Waals surface area contributed by atoms with E-state index in [-0.39, 0.29) is 11.8 Å². The molecule has 1 N–H and O–H groups in total. The van der Waals surface area contributed by atoms with E-state index in [1.54, 1.807) is 26.2 Å². The lowest BCUT2D eigenvalue weighted by Gasteiger charge is -2.34. The van der Waals surface area contributed by atoms with Crippen LogP contribution in [0.5, 0.6) is 0 Å². The Morgan fingerprint density at radius 3 is 2.21 bits per heavy atom. The van der Waals surface area contributed by atoms with Crippen molar-refractivity contribution in [3.8, 4) is 0 Å². The first-order valence-electron chi connectivity index (χ1n) is 10.4. The van der Waals surface area contributed by atoms with E-state index in [0.717, 1.165) is 51.0 Å². The predicted octanol–water partition coefficient (Wildman–Crippen LogP) is 2.85. The van der Waals surface area contributed by atoms with Crippen molar-refractivity contribution in [3.63, 3.8) is 0 Å². The van der Waals surface area contributed by atoms with E-state index in [9.17, 15) is 13.2 Å². The summed E-state index contributed by atoms with van der Waals surface area (Å²) in [5.41, 5.74) is 1.06. The number of piperidine rings is 1. The molecule has 0 bridgehead atoms. The minimum atomic E-state index is -3.38. The number of anilines is 1. The second-order valence-electron chi connectivity index (χ2n) is 8.29. The Kier molecular flexibility index (Phi) is 6.99. The normalized spacial score (nSPS) is 19.8. The van der Waals surface area contributed by atoms with Crippen LogP contribution in [0.25, 0.3) is 0 Å². The number of carbonyl (C=O) groups excluding carboxylic acids is 1. The summed E-state index contributed by atoms with van der Waals surface area (Å²) in [4.78, 5) is 14.9. The average Bonchev–Trinajstić information content (AvgIpc) is 2.73. The first-order chi connectivity index (χ1) is 13.4. The molecule has 0 atom stereocenters. The third-order valence-corrected chi connectivity index (χ3v) is 7.97. The summed E-state index contributed by atoms with van der Waals surface area (Å²) < 4.78 is 25.6. The number of nitrogens with zero attached hydrogens (tertiary/aromatic N) is 2. The van der Waals surface area contributed by atoms with E-state index in [2.05, 4.69) is 10.2 Å². The topological polar surface area (TPSA) is 69.7 Å². The molecule has 1 aliphatic heterocycles. The molecular weight excluding hydrogens is 374 g/mol. The van der Waals surface area contributed by atoms with Crippen molar-refractivity contribution in [2.75, 3.05) is 38.6 Å². The molecule has 0 aromatic heterocycles. The van der Waals surface area contributed by atoms with Crippen molar-refractivity contribution >= 4 is 21.6 Å². The maximum Gasteiger partial charge on any atom is 0.242 e. The van der Waals surface area contributed by atoms with Crippen molar-refractivity contribution in [1.82, 2.24) is 9.62 Å². The molecule has 156 valence electrons. The first-order valence-corrected chi connectivity index (χ1v) is 11.9. The maximum atomic E-state index is 12.3. The van der Waals surface area contributed by atoms with E-state index in [1.807, 2.05) is 12.1 Å². The number of hydrogen-bond donors (Lipinski definition) is 1. The molecule has 1 saturated carbocycles. The lowest BCUT2D eigenvalue weighted by molar-refractivity contribution is -0.126. The van der Waals surface area contributed by atoms with Crippen LogP contribution in [0.4, 0.5) is 5.69 Å². The minimum Gasteiger partial charge on any atom is -0.372 e. The van der Waals surface area contributed by atoms with Gasteiger partial charge in [0.25, 0.3) is 0 Å². The molecule has 2 aliphatic rings. The average molecular weight is 408 g/mol. The Balaban J connectivity index is 1.46. The van der Waals surface area contributed by atoms with Crippen LogP contribution in [0.15, 0.2) is 29.2 Å². The van der Waals surface area contributed by atoms with Gasteiger partial charge in [0.2, 0.25) is 15.9 Å². The highest BCUT2D eigenvalue weighted by Gasteiger charge is 2.24. The fourth-order valence-electron chi connectivity index (χ4n) is 4.19. The van der Waals surface area contributed by atoms with Crippen LogP contribution in [0.3, 0.4) is 0 Å². The second-order valence-corrected chi connectivity index (χ2v) is 10.4. The summed E-state index contributed by atoms with van der Waals surface area (Å²) >= 11 is 0. The fraction of sp³-hybridized carbons (Fsp3) is 0.667. The van der Waals surface area contributed by atoms with Gasteiger partial charge in [0.15, 0.2) is 0 Å². The van der Waals surface area contributed by atoms with Gasteiger partial charge in [-0.25, -0.2) is 12.7 Å². The molecule has 28 heavy (non-hydrogen) atoms. The molecule has 1 aromatic rings. The number of hydrogen-bond acceptors (Lipinski definition) is 4. The van der Waals surface area contributed by atoms with Crippen LogP contribution in [0.1, 0.15) is 44.9 Å². The van der Waals surface area contributed by atoms with E-state index in [1.165, 1.54) is 23.6 Å². The molecule has 1 heterocycles. The zero-order chi connectivity index (χ0) is 20.1. The Bertz CT molecular complexity index is 748. The van der Waals surface area contributed by atoms with Gasteiger partial charge in [-0.1, -0.05) is 19.3 Å².